The monoisotopic (exact) mass is 243 g/mol. The lowest BCUT2D eigenvalue weighted by molar-refractivity contribution is 0.514. The molecule has 0 saturated carbocycles. The molecule has 0 saturated heterocycles. The van der Waals surface area contributed by atoms with Crippen LogP contribution in [0.25, 0.3) is 0 Å². The van der Waals surface area contributed by atoms with Gasteiger partial charge in [-0.3, -0.25) is 0 Å². The number of aryl methyl sites for hydroxylation is 1. The molecule has 3 heteroatoms. The summed E-state index contributed by atoms with van der Waals surface area (Å²) >= 11 is 0. The zero-order chi connectivity index (χ0) is 12.8. The Bertz CT molecular complexity index is 460. The summed E-state index contributed by atoms with van der Waals surface area (Å²) < 4.78 is 2.18. The van der Waals surface area contributed by atoms with Crippen LogP contribution in [-0.4, -0.2) is 9.55 Å². The number of rotatable bonds is 6. The first kappa shape index (κ1) is 12.7. The zero-order valence-electron chi connectivity index (χ0n) is 11.1. The van der Waals surface area contributed by atoms with Crippen LogP contribution < -0.4 is 5.32 Å². The highest BCUT2D eigenvalue weighted by molar-refractivity contribution is 5.52. The van der Waals surface area contributed by atoms with Gasteiger partial charge in [0.25, 0.3) is 0 Å². The van der Waals surface area contributed by atoms with Crippen molar-refractivity contribution in [1.82, 2.24) is 9.55 Å². The number of imidazole rings is 1. The molecule has 0 bridgehead atoms. The van der Waals surface area contributed by atoms with E-state index >= 15 is 0 Å². The topological polar surface area (TPSA) is 29.9 Å². The van der Waals surface area contributed by atoms with Crippen LogP contribution in [0.5, 0.6) is 0 Å². The quantitative estimate of drug-likeness (QED) is 0.829. The maximum Gasteiger partial charge on any atom is 0.207 e. The second kappa shape index (κ2) is 6.24. The molecular formula is C15H21N3. The third-order valence-electron chi connectivity index (χ3n) is 2.93. The van der Waals surface area contributed by atoms with Gasteiger partial charge in [-0.15, -0.1) is 0 Å². The average molecular weight is 243 g/mol. The van der Waals surface area contributed by atoms with Crippen molar-refractivity contribution < 1.29 is 0 Å². The van der Waals surface area contributed by atoms with Gasteiger partial charge in [0.15, 0.2) is 0 Å². The molecule has 2 rings (SSSR count). The van der Waals surface area contributed by atoms with Gasteiger partial charge in [0, 0.05) is 24.6 Å². The lowest BCUT2D eigenvalue weighted by Gasteiger charge is -2.10. The molecule has 0 spiro atoms. The molecule has 18 heavy (non-hydrogen) atoms. The van der Waals surface area contributed by atoms with Crippen LogP contribution in [-0.2, 0) is 6.54 Å². The fourth-order valence-electron chi connectivity index (χ4n) is 1.93. The Morgan fingerprint density at radius 1 is 1.22 bits per heavy atom. The van der Waals surface area contributed by atoms with Crippen LogP contribution in [0.15, 0.2) is 42.7 Å². The van der Waals surface area contributed by atoms with Crippen LogP contribution in [0.2, 0.25) is 0 Å². The van der Waals surface area contributed by atoms with Gasteiger partial charge in [-0.2, -0.15) is 0 Å². The molecule has 1 heterocycles. The summed E-state index contributed by atoms with van der Waals surface area (Å²) in [6.07, 6.45) is 6.33. The average Bonchev–Trinajstić information content (AvgIpc) is 2.78. The van der Waals surface area contributed by atoms with Crippen molar-refractivity contribution in [2.75, 3.05) is 5.32 Å². The Morgan fingerprint density at radius 2 is 2.00 bits per heavy atom. The van der Waals surface area contributed by atoms with Crippen molar-refractivity contribution in [3.05, 3.63) is 42.7 Å². The number of nitrogens with zero attached hydrogens (tertiary/aromatic N) is 2. The van der Waals surface area contributed by atoms with Crippen molar-refractivity contribution in [1.29, 1.82) is 0 Å². The molecule has 0 unspecified atom stereocenters. The highest BCUT2D eigenvalue weighted by Crippen LogP contribution is 2.15. The maximum atomic E-state index is 4.36. The number of hydrogen-bond acceptors (Lipinski definition) is 2. The predicted molar refractivity (Wildman–Crippen MR) is 76.0 cm³/mol. The minimum atomic E-state index is 0.763. The molecule has 1 aromatic heterocycles. The van der Waals surface area contributed by atoms with Crippen molar-refractivity contribution in [3.63, 3.8) is 0 Å². The molecular weight excluding hydrogens is 222 g/mol. The molecule has 0 atom stereocenters. The smallest absolute Gasteiger partial charge is 0.207 e. The van der Waals surface area contributed by atoms with E-state index in [2.05, 4.69) is 28.7 Å². The fourth-order valence-corrected chi connectivity index (χ4v) is 1.93. The number of anilines is 2. The number of benzene rings is 1. The molecule has 0 aliphatic rings. The Labute approximate surface area is 109 Å². The van der Waals surface area contributed by atoms with Crippen molar-refractivity contribution in [2.45, 2.75) is 33.2 Å². The summed E-state index contributed by atoms with van der Waals surface area (Å²) in [7, 11) is 0. The van der Waals surface area contributed by atoms with Gasteiger partial charge in [-0.1, -0.05) is 32.0 Å². The third-order valence-corrected chi connectivity index (χ3v) is 2.93. The van der Waals surface area contributed by atoms with Gasteiger partial charge >= 0.3 is 0 Å². The summed E-state index contributed by atoms with van der Waals surface area (Å²) in [5, 5.41) is 3.34. The minimum Gasteiger partial charge on any atom is -0.326 e. The number of aromatic nitrogens is 2. The Balaban J connectivity index is 1.95. The Morgan fingerprint density at radius 3 is 2.72 bits per heavy atom. The van der Waals surface area contributed by atoms with E-state index in [-0.39, 0.29) is 0 Å². The van der Waals surface area contributed by atoms with Gasteiger partial charge in [-0.05, 0) is 30.9 Å². The van der Waals surface area contributed by atoms with E-state index in [0.29, 0.717) is 0 Å². The van der Waals surface area contributed by atoms with Crippen molar-refractivity contribution >= 4 is 11.6 Å². The number of nitrogens with one attached hydrogen (secondary N) is 1. The summed E-state index contributed by atoms with van der Waals surface area (Å²) in [6, 6.07) is 10.2. The van der Waals surface area contributed by atoms with Crippen molar-refractivity contribution in [3.8, 4) is 0 Å². The molecule has 1 aromatic carbocycles. The Hall–Kier alpha value is -1.77. The predicted octanol–water partition coefficient (Wildman–Crippen LogP) is 4.06. The lowest BCUT2D eigenvalue weighted by atomic mass is 10.1. The molecule has 0 aliphatic heterocycles. The normalized spacial score (nSPS) is 10.8. The summed E-state index contributed by atoms with van der Waals surface area (Å²) in [4.78, 5) is 4.36. The van der Waals surface area contributed by atoms with Gasteiger partial charge in [-0.25, -0.2) is 4.98 Å². The third kappa shape index (κ3) is 3.62. The standard InChI is InChI=1S/C15H21N3/c1-13(2)7-6-11-18-12-10-16-15(18)17-14-8-4-3-5-9-14/h3-5,8-10,12-13H,6-7,11H2,1-2H3,(H,16,17). The summed E-state index contributed by atoms with van der Waals surface area (Å²) in [6.45, 7) is 5.54. The van der Waals surface area contributed by atoms with E-state index in [9.17, 15) is 0 Å². The number of hydrogen-bond donors (Lipinski definition) is 1. The lowest BCUT2D eigenvalue weighted by Crippen LogP contribution is -2.04. The molecule has 2 aromatic rings. The molecule has 0 aliphatic carbocycles. The first-order valence-corrected chi connectivity index (χ1v) is 6.59. The fraction of sp³-hybridized carbons (Fsp3) is 0.400. The molecule has 0 amide bonds. The largest absolute Gasteiger partial charge is 0.326 e. The second-order valence-corrected chi connectivity index (χ2v) is 4.97. The zero-order valence-corrected chi connectivity index (χ0v) is 11.1. The van der Waals surface area contributed by atoms with Gasteiger partial charge in [0.2, 0.25) is 5.95 Å². The van der Waals surface area contributed by atoms with Gasteiger partial charge in [0.1, 0.15) is 0 Å². The maximum absolute atomic E-state index is 4.36. The molecule has 3 nitrogen and oxygen atoms in total. The van der Waals surface area contributed by atoms with Crippen LogP contribution in [0.3, 0.4) is 0 Å². The molecule has 1 N–H and O–H groups in total. The SMILES string of the molecule is CC(C)CCCn1ccnc1Nc1ccccc1. The number of para-hydroxylation sites is 1. The highest BCUT2D eigenvalue weighted by atomic mass is 15.2. The summed E-state index contributed by atoms with van der Waals surface area (Å²) in [5.74, 6) is 1.68. The summed E-state index contributed by atoms with van der Waals surface area (Å²) in [5.41, 5.74) is 1.08. The van der Waals surface area contributed by atoms with Crippen LogP contribution in [0, 0.1) is 5.92 Å². The van der Waals surface area contributed by atoms with Crippen LogP contribution in [0.1, 0.15) is 26.7 Å². The van der Waals surface area contributed by atoms with E-state index in [1.165, 1.54) is 12.8 Å². The molecule has 0 fully saturated rings. The second-order valence-electron chi connectivity index (χ2n) is 4.97. The Kier molecular flexibility index (Phi) is 4.40. The van der Waals surface area contributed by atoms with Gasteiger partial charge in [0.05, 0.1) is 0 Å². The molecule has 96 valence electrons. The van der Waals surface area contributed by atoms with E-state index in [4.69, 9.17) is 0 Å². The first-order valence-electron chi connectivity index (χ1n) is 6.59. The van der Waals surface area contributed by atoms with Crippen molar-refractivity contribution in [2.24, 2.45) is 5.92 Å². The van der Waals surface area contributed by atoms with Crippen LogP contribution in [0.4, 0.5) is 11.6 Å². The van der Waals surface area contributed by atoms with Gasteiger partial charge < -0.3 is 9.88 Å². The molecule has 0 radical (unpaired) electrons. The minimum absolute atomic E-state index is 0.763. The van der Waals surface area contributed by atoms with E-state index in [0.717, 1.165) is 24.1 Å². The first-order chi connectivity index (χ1) is 8.75. The van der Waals surface area contributed by atoms with E-state index in [1.807, 2.05) is 42.7 Å². The van der Waals surface area contributed by atoms with E-state index in [1.54, 1.807) is 0 Å². The van der Waals surface area contributed by atoms with E-state index < -0.39 is 0 Å². The van der Waals surface area contributed by atoms with Crippen LogP contribution >= 0.6 is 0 Å². The highest BCUT2D eigenvalue weighted by Gasteiger charge is 2.03.